The van der Waals surface area contributed by atoms with Crippen molar-refractivity contribution in [3.05, 3.63) is 35.2 Å². The lowest BCUT2D eigenvalue weighted by molar-refractivity contribution is -0.152. The van der Waals surface area contributed by atoms with E-state index < -0.39 is 5.91 Å². The van der Waals surface area contributed by atoms with Gasteiger partial charge in [0.15, 0.2) is 17.2 Å². The molecule has 232 valence electrons. The average molecular weight is 606 g/mol. The second-order valence-corrected chi connectivity index (χ2v) is 12.1. The van der Waals surface area contributed by atoms with Gasteiger partial charge in [-0.25, -0.2) is 10.1 Å². The smallest absolute Gasteiger partial charge is 0.315 e. The topological polar surface area (TPSA) is 185 Å². The number of carbonyl (C=O) groups excluding carboxylic acids is 2. The van der Waals surface area contributed by atoms with Crippen LogP contribution in [0.1, 0.15) is 53.8 Å². The molecule has 1 aliphatic heterocycles. The van der Waals surface area contributed by atoms with Crippen molar-refractivity contribution >= 4 is 23.9 Å². The van der Waals surface area contributed by atoms with Gasteiger partial charge in [-0.05, 0) is 89.9 Å². The summed E-state index contributed by atoms with van der Waals surface area (Å²) in [5.74, 6) is 2.41. The van der Waals surface area contributed by atoms with Crippen LogP contribution in [-0.2, 0) is 16.1 Å². The van der Waals surface area contributed by atoms with Crippen LogP contribution >= 0.6 is 0 Å². The van der Waals surface area contributed by atoms with Crippen molar-refractivity contribution in [1.29, 1.82) is 0 Å². The zero-order valence-corrected chi connectivity index (χ0v) is 24.4. The van der Waals surface area contributed by atoms with E-state index in [2.05, 4.69) is 36.1 Å². The van der Waals surface area contributed by atoms with E-state index in [1.54, 1.807) is 18.2 Å². The van der Waals surface area contributed by atoms with Crippen molar-refractivity contribution in [1.82, 2.24) is 35.6 Å². The molecule has 44 heavy (non-hydrogen) atoms. The summed E-state index contributed by atoms with van der Waals surface area (Å²) in [5, 5.41) is 19.8. The molecule has 3 N–H and O–H groups in total. The third kappa shape index (κ3) is 5.52. The van der Waals surface area contributed by atoms with E-state index in [0.29, 0.717) is 67.4 Å². The van der Waals surface area contributed by atoms with Crippen molar-refractivity contribution in [2.45, 2.75) is 38.6 Å². The summed E-state index contributed by atoms with van der Waals surface area (Å²) < 4.78 is 22.8. The van der Waals surface area contributed by atoms with Gasteiger partial charge in [-0.2, -0.15) is 9.78 Å². The number of hydrogen-bond acceptors (Lipinski definition) is 13. The van der Waals surface area contributed by atoms with Gasteiger partial charge < -0.3 is 19.9 Å². The summed E-state index contributed by atoms with van der Waals surface area (Å²) >= 11 is 0. The molecule has 5 aliphatic rings. The van der Waals surface area contributed by atoms with Crippen LogP contribution in [0.25, 0.3) is 5.82 Å². The number of nitrogens with zero attached hydrogens (tertiary/aromatic N) is 7. The first-order valence-corrected chi connectivity index (χ1v) is 15.0. The van der Waals surface area contributed by atoms with Crippen LogP contribution in [-0.4, -0.2) is 81.7 Å². The van der Waals surface area contributed by atoms with Crippen molar-refractivity contribution in [3.63, 3.8) is 0 Å². The van der Waals surface area contributed by atoms with E-state index >= 15 is 0 Å². The van der Waals surface area contributed by atoms with Crippen LogP contribution in [0, 0.1) is 29.6 Å². The van der Waals surface area contributed by atoms with E-state index in [1.807, 2.05) is 0 Å². The normalized spacial score (nSPS) is 26.2. The number of esters is 1. The van der Waals surface area contributed by atoms with Crippen LogP contribution in [0.15, 0.2) is 27.9 Å². The summed E-state index contributed by atoms with van der Waals surface area (Å²) in [7, 11) is 1.52. The van der Waals surface area contributed by atoms with Crippen LogP contribution in [0.5, 0.6) is 11.5 Å². The molecule has 4 aliphatic carbocycles. The second-order valence-electron chi connectivity index (χ2n) is 12.1. The van der Waals surface area contributed by atoms with Gasteiger partial charge >= 0.3 is 5.97 Å². The van der Waals surface area contributed by atoms with Crippen LogP contribution in [0.3, 0.4) is 0 Å². The zero-order chi connectivity index (χ0) is 30.2. The third-order valence-electron chi connectivity index (χ3n) is 9.41. The minimum Gasteiger partial charge on any atom is -0.493 e. The van der Waals surface area contributed by atoms with Gasteiger partial charge in [0.2, 0.25) is 11.6 Å². The molecule has 4 saturated carbocycles. The number of nitrogens with one attached hydrogen (secondary N) is 1. The number of morpholine rings is 1. The van der Waals surface area contributed by atoms with Crippen molar-refractivity contribution in [2.75, 3.05) is 39.1 Å². The second kappa shape index (κ2) is 12.0. The summed E-state index contributed by atoms with van der Waals surface area (Å²) in [6.07, 6.45) is 7.35. The number of aromatic nitrogens is 5. The Kier molecular flexibility index (Phi) is 7.72. The van der Waals surface area contributed by atoms with Gasteiger partial charge in [0, 0.05) is 19.6 Å². The van der Waals surface area contributed by atoms with Crippen LogP contribution in [0.2, 0.25) is 0 Å². The van der Waals surface area contributed by atoms with E-state index in [1.165, 1.54) is 24.4 Å². The molecule has 4 bridgehead atoms. The number of rotatable bonds is 9. The van der Waals surface area contributed by atoms with Gasteiger partial charge in [-0.15, -0.1) is 5.10 Å². The molecule has 1 aromatic carbocycles. The van der Waals surface area contributed by atoms with Gasteiger partial charge in [0.05, 0.1) is 32.5 Å². The predicted molar refractivity (Wildman–Crippen MR) is 154 cm³/mol. The molecule has 2 aromatic heterocycles. The molecule has 1 amide bonds. The Balaban J connectivity index is 1.04. The van der Waals surface area contributed by atoms with Crippen molar-refractivity contribution in [2.24, 2.45) is 34.7 Å². The van der Waals surface area contributed by atoms with Crippen molar-refractivity contribution in [3.8, 4) is 17.3 Å². The molecule has 3 heterocycles. The zero-order valence-electron chi connectivity index (χ0n) is 24.4. The SMILES string of the molecule is COc1cc(/C=N/NC(=O)c2c(CN3CCOCC3)nnn2-c2nonc2N)ccc1OC(=O)C1C2CC3CC(C2)CC1C3. The Bertz CT molecular complexity index is 1530. The van der Waals surface area contributed by atoms with Gasteiger partial charge in [-0.3, -0.25) is 14.5 Å². The predicted octanol–water partition coefficient (Wildman–Crippen LogP) is 1.81. The molecule has 15 nitrogen and oxygen atoms in total. The Morgan fingerprint density at radius 1 is 1.09 bits per heavy atom. The fraction of sp³-hybridized carbons (Fsp3) is 0.552. The Morgan fingerprint density at radius 3 is 2.52 bits per heavy atom. The van der Waals surface area contributed by atoms with Gasteiger partial charge in [0.1, 0.15) is 5.69 Å². The molecule has 1 saturated heterocycles. The summed E-state index contributed by atoms with van der Waals surface area (Å²) in [4.78, 5) is 28.8. The lowest BCUT2D eigenvalue weighted by Crippen LogP contribution is -2.49. The van der Waals surface area contributed by atoms with E-state index in [4.69, 9.17) is 24.6 Å². The number of ether oxygens (including phenoxy) is 3. The lowest BCUT2D eigenvalue weighted by atomic mass is 9.52. The third-order valence-corrected chi connectivity index (χ3v) is 9.41. The van der Waals surface area contributed by atoms with E-state index in [-0.39, 0.29) is 29.2 Å². The highest BCUT2D eigenvalue weighted by atomic mass is 16.6. The highest BCUT2D eigenvalue weighted by Gasteiger charge is 2.51. The van der Waals surface area contributed by atoms with Crippen LogP contribution in [0.4, 0.5) is 5.82 Å². The van der Waals surface area contributed by atoms with E-state index in [9.17, 15) is 9.59 Å². The van der Waals surface area contributed by atoms with Crippen molar-refractivity contribution < 1.29 is 28.4 Å². The lowest BCUT2D eigenvalue weighted by Gasteiger charge is -2.53. The fourth-order valence-electron chi connectivity index (χ4n) is 7.66. The number of carbonyl (C=O) groups is 2. The molecule has 0 radical (unpaired) electrons. The molecular weight excluding hydrogens is 570 g/mol. The minimum atomic E-state index is -0.579. The number of nitrogen functional groups attached to an aromatic ring is 1. The number of hydrogen-bond donors (Lipinski definition) is 2. The van der Waals surface area contributed by atoms with Gasteiger partial charge in [0.25, 0.3) is 5.91 Å². The molecule has 5 fully saturated rings. The standard InChI is InChI=1S/C29H35N9O6/c1-41-23-13-16(2-3-22(23)43-29(40)24-19-9-17-8-18(11-19)12-20(24)10-17)14-31-33-28(39)25-21(15-37-4-6-42-7-5-37)32-36-38(25)27-26(30)34-44-35-27/h2-3,13-14,17-20,24H,4-12,15H2,1H3,(H2,30,34)(H,33,39)/b31-14+. The fourth-order valence-corrected chi connectivity index (χ4v) is 7.66. The minimum absolute atomic E-state index is 0.0385. The maximum atomic E-state index is 13.4. The molecule has 8 rings (SSSR count). The molecule has 0 spiro atoms. The maximum Gasteiger partial charge on any atom is 0.315 e. The molecule has 15 heteroatoms. The number of benzene rings is 1. The number of amides is 1. The molecule has 0 unspecified atom stereocenters. The Labute approximate surface area is 253 Å². The van der Waals surface area contributed by atoms with Gasteiger partial charge in [-0.1, -0.05) is 5.21 Å². The molecule has 0 atom stereocenters. The largest absolute Gasteiger partial charge is 0.493 e. The molecule has 3 aromatic rings. The maximum absolute atomic E-state index is 13.4. The highest BCUT2D eigenvalue weighted by molar-refractivity contribution is 5.95. The van der Waals surface area contributed by atoms with E-state index in [0.717, 1.165) is 37.5 Å². The first kappa shape index (κ1) is 28.4. The summed E-state index contributed by atoms with van der Waals surface area (Å²) in [5.41, 5.74) is 9.53. The first-order valence-electron chi connectivity index (χ1n) is 15.0. The molecular formula is C29H35N9O6. The Hall–Kier alpha value is -4.37. The number of hydrazone groups is 1. The number of methoxy groups -OCH3 is 1. The van der Waals surface area contributed by atoms with Crippen LogP contribution < -0.4 is 20.6 Å². The first-order chi connectivity index (χ1) is 21.5. The number of nitrogens with two attached hydrogens (primary N) is 1. The number of anilines is 1. The monoisotopic (exact) mass is 605 g/mol. The highest BCUT2D eigenvalue weighted by Crippen LogP contribution is 2.56. The Morgan fingerprint density at radius 2 is 1.84 bits per heavy atom. The average Bonchev–Trinajstić information content (AvgIpc) is 3.63. The summed E-state index contributed by atoms with van der Waals surface area (Å²) in [6, 6.07) is 5.14. The quantitative estimate of drug-likeness (QED) is 0.156. The summed E-state index contributed by atoms with van der Waals surface area (Å²) in [6.45, 7) is 2.92.